The van der Waals surface area contributed by atoms with Crippen LogP contribution in [0.4, 0.5) is 5.69 Å². The Bertz CT molecular complexity index is 463. The second-order valence-corrected chi connectivity index (χ2v) is 4.43. The van der Waals surface area contributed by atoms with Gasteiger partial charge in [-0.25, -0.2) is 14.6 Å². The number of ether oxygens (including phenoxy) is 1. The molecular weight excluding hydrogens is 224 g/mol. The molecule has 0 atom stereocenters. The van der Waals surface area contributed by atoms with Crippen molar-refractivity contribution >= 4 is 17.6 Å². The maximum absolute atomic E-state index is 11.7. The first-order valence-electron chi connectivity index (χ1n) is 4.93. The number of pyridine rings is 1. The monoisotopic (exact) mass is 238 g/mol. The van der Waals surface area contributed by atoms with Gasteiger partial charge < -0.3 is 15.6 Å². The number of anilines is 1. The Hall–Kier alpha value is -2.11. The number of hydrogen-bond donors (Lipinski definition) is 2. The first-order chi connectivity index (χ1) is 7.72. The molecule has 0 radical (unpaired) electrons. The zero-order valence-electron chi connectivity index (χ0n) is 9.85. The van der Waals surface area contributed by atoms with Crippen LogP contribution in [0.2, 0.25) is 0 Å². The van der Waals surface area contributed by atoms with Crippen molar-refractivity contribution < 1.29 is 19.4 Å². The van der Waals surface area contributed by atoms with E-state index in [2.05, 4.69) is 4.98 Å². The summed E-state index contributed by atoms with van der Waals surface area (Å²) in [5.74, 6) is -1.95. The smallest absolute Gasteiger partial charge is 0.356 e. The largest absolute Gasteiger partial charge is 0.476 e. The second-order valence-electron chi connectivity index (χ2n) is 4.43. The average Bonchev–Trinajstić information content (AvgIpc) is 2.14. The van der Waals surface area contributed by atoms with Crippen molar-refractivity contribution in [1.82, 2.24) is 4.98 Å². The van der Waals surface area contributed by atoms with Crippen LogP contribution in [0.15, 0.2) is 12.3 Å². The maximum Gasteiger partial charge on any atom is 0.356 e. The molecule has 1 aromatic rings. The highest BCUT2D eigenvalue weighted by Gasteiger charge is 2.22. The van der Waals surface area contributed by atoms with Crippen molar-refractivity contribution in [3.05, 3.63) is 23.5 Å². The fourth-order valence-electron chi connectivity index (χ4n) is 1.15. The van der Waals surface area contributed by atoms with E-state index in [1.807, 2.05) is 0 Å². The van der Waals surface area contributed by atoms with E-state index in [0.29, 0.717) is 0 Å². The molecule has 0 fully saturated rings. The van der Waals surface area contributed by atoms with E-state index < -0.39 is 17.5 Å². The van der Waals surface area contributed by atoms with Gasteiger partial charge in [-0.2, -0.15) is 0 Å². The number of esters is 1. The summed E-state index contributed by atoms with van der Waals surface area (Å²) in [6.45, 7) is 5.13. The van der Waals surface area contributed by atoms with Gasteiger partial charge in [0.25, 0.3) is 0 Å². The summed E-state index contributed by atoms with van der Waals surface area (Å²) in [6.07, 6.45) is 1.21. The number of nitrogen functional groups attached to an aromatic ring is 1. The van der Waals surface area contributed by atoms with Gasteiger partial charge >= 0.3 is 11.9 Å². The molecule has 0 aliphatic heterocycles. The van der Waals surface area contributed by atoms with Gasteiger partial charge in [-0.05, 0) is 26.8 Å². The van der Waals surface area contributed by atoms with E-state index in [4.69, 9.17) is 15.6 Å². The standard InChI is InChI=1S/C11H14N2O4/c1-11(2,3)17-10(16)6-4-5-13-8(7(6)12)9(14)15/h4-5H,12H2,1-3H3,(H,14,15). The summed E-state index contributed by atoms with van der Waals surface area (Å²) in [4.78, 5) is 26.1. The predicted molar refractivity (Wildman–Crippen MR) is 60.8 cm³/mol. The lowest BCUT2D eigenvalue weighted by Gasteiger charge is -2.20. The minimum atomic E-state index is -1.28. The third-order valence-electron chi connectivity index (χ3n) is 1.81. The number of carbonyl (C=O) groups is 2. The van der Waals surface area contributed by atoms with Crippen molar-refractivity contribution in [2.75, 3.05) is 5.73 Å². The van der Waals surface area contributed by atoms with Crippen LogP contribution >= 0.6 is 0 Å². The number of aromatic nitrogens is 1. The molecule has 1 rings (SSSR count). The molecule has 0 unspecified atom stereocenters. The van der Waals surface area contributed by atoms with Gasteiger partial charge in [0.05, 0.1) is 11.3 Å². The van der Waals surface area contributed by atoms with E-state index in [1.165, 1.54) is 12.3 Å². The van der Waals surface area contributed by atoms with Crippen molar-refractivity contribution in [3.63, 3.8) is 0 Å². The zero-order chi connectivity index (χ0) is 13.2. The Balaban J connectivity index is 3.11. The highest BCUT2D eigenvalue weighted by Crippen LogP contribution is 2.19. The van der Waals surface area contributed by atoms with Crippen LogP contribution in [0, 0.1) is 0 Å². The predicted octanol–water partition coefficient (Wildman–Crippen LogP) is 1.32. The number of hydrogen-bond acceptors (Lipinski definition) is 5. The highest BCUT2D eigenvalue weighted by molar-refractivity contribution is 6.01. The molecule has 6 nitrogen and oxygen atoms in total. The molecule has 0 saturated carbocycles. The van der Waals surface area contributed by atoms with E-state index >= 15 is 0 Å². The number of carbonyl (C=O) groups excluding carboxylic acids is 1. The first-order valence-corrected chi connectivity index (χ1v) is 4.93. The van der Waals surface area contributed by atoms with Gasteiger partial charge in [0.15, 0.2) is 5.69 Å². The molecule has 0 aliphatic rings. The Morgan fingerprint density at radius 2 is 2.00 bits per heavy atom. The Labute approximate surface area is 98.4 Å². The van der Waals surface area contributed by atoms with Gasteiger partial charge in [-0.15, -0.1) is 0 Å². The Morgan fingerprint density at radius 3 is 2.47 bits per heavy atom. The molecule has 0 aromatic carbocycles. The van der Waals surface area contributed by atoms with Crippen molar-refractivity contribution in [2.24, 2.45) is 0 Å². The average molecular weight is 238 g/mol. The molecule has 1 aromatic heterocycles. The molecule has 92 valence electrons. The number of carboxylic acid groups (broad SMARTS) is 1. The molecule has 0 aliphatic carbocycles. The fraction of sp³-hybridized carbons (Fsp3) is 0.364. The van der Waals surface area contributed by atoms with E-state index in [0.717, 1.165) is 0 Å². The number of rotatable bonds is 2. The van der Waals surface area contributed by atoms with Gasteiger partial charge in [-0.1, -0.05) is 0 Å². The minimum Gasteiger partial charge on any atom is -0.476 e. The fourth-order valence-corrected chi connectivity index (χ4v) is 1.15. The summed E-state index contributed by atoms with van der Waals surface area (Å²) in [5, 5.41) is 8.81. The lowest BCUT2D eigenvalue weighted by Crippen LogP contribution is -2.25. The lowest BCUT2D eigenvalue weighted by molar-refractivity contribution is 0.00707. The third kappa shape index (κ3) is 3.17. The van der Waals surface area contributed by atoms with Crippen LogP contribution in [0.3, 0.4) is 0 Å². The summed E-state index contributed by atoms with van der Waals surface area (Å²) < 4.78 is 5.10. The summed E-state index contributed by atoms with van der Waals surface area (Å²) in [5.41, 5.74) is 4.36. The molecule has 6 heteroatoms. The molecule has 1 heterocycles. The van der Waals surface area contributed by atoms with Crippen LogP contribution < -0.4 is 5.73 Å². The number of nitrogens with zero attached hydrogens (tertiary/aromatic N) is 1. The summed E-state index contributed by atoms with van der Waals surface area (Å²) in [7, 11) is 0. The molecule has 3 N–H and O–H groups in total. The molecule has 0 saturated heterocycles. The molecule has 0 amide bonds. The lowest BCUT2D eigenvalue weighted by atomic mass is 10.1. The van der Waals surface area contributed by atoms with Crippen LogP contribution in [-0.4, -0.2) is 27.6 Å². The Morgan fingerprint density at radius 1 is 1.41 bits per heavy atom. The number of carboxylic acids is 1. The molecule has 0 spiro atoms. The first kappa shape index (κ1) is 13.0. The van der Waals surface area contributed by atoms with Crippen molar-refractivity contribution in [2.45, 2.75) is 26.4 Å². The van der Waals surface area contributed by atoms with E-state index in [9.17, 15) is 9.59 Å². The minimum absolute atomic E-state index is 0.00678. The second kappa shape index (κ2) is 4.40. The van der Waals surface area contributed by atoms with E-state index in [1.54, 1.807) is 20.8 Å². The van der Waals surface area contributed by atoms with Gasteiger partial charge in [0, 0.05) is 6.20 Å². The van der Waals surface area contributed by atoms with E-state index in [-0.39, 0.29) is 16.9 Å². The maximum atomic E-state index is 11.7. The zero-order valence-corrected chi connectivity index (χ0v) is 9.85. The third-order valence-corrected chi connectivity index (χ3v) is 1.81. The number of aromatic carboxylic acids is 1. The van der Waals surface area contributed by atoms with Crippen LogP contribution in [0.1, 0.15) is 41.6 Å². The van der Waals surface area contributed by atoms with Crippen LogP contribution in [-0.2, 0) is 4.74 Å². The molecule has 0 bridgehead atoms. The van der Waals surface area contributed by atoms with Gasteiger partial charge in [0.2, 0.25) is 0 Å². The summed E-state index contributed by atoms with van der Waals surface area (Å²) in [6, 6.07) is 1.33. The number of nitrogens with two attached hydrogens (primary N) is 1. The van der Waals surface area contributed by atoms with Crippen molar-refractivity contribution in [3.8, 4) is 0 Å². The topological polar surface area (TPSA) is 103 Å². The van der Waals surface area contributed by atoms with Crippen LogP contribution in [0.5, 0.6) is 0 Å². The van der Waals surface area contributed by atoms with Crippen molar-refractivity contribution in [1.29, 1.82) is 0 Å². The van der Waals surface area contributed by atoms with Crippen LogP contribution in [0.25, 0.3) is 0 Å². The summed E-state index contributed by atoms with van der Waals surface area (Å²) >= 11 is 0. The molecule has 17 heavy (non-hydrogen) atoms. The highest BCUT2D eigenvalue weighted by atomic mass is 16.6. The molecular formula is C11H14N2O4. The quantitative estimate of drug-likeness (QED) is 0.753. The SMILES string of the molecule is CC(C)(C)OC(=O)c1ccnc(C(=O)O)c1N. The normalized spacial score (nSPS) is 11.0. The Kier molecular flexibility index (Phi) is 3.36. The van der Waals surface area contributed by atoms with Gasteiger partial charge in [0.1, 0.15) is 5.60 Å². The van der Waals surface area contributed by atoms with Gasteiger partial charge in [-0.3, -0.25) is 0 Å².